The Morgan fingerprint density at radius 2 is 1.81 bits per heavy atom. The van der Waals surface area contributed by atoms with Crippen molar-refractivity contribution in [2.24, 2.45) is 4.99 Å². The second kappa shape index (κ2) is 10.5. The van der Waals surface area contributed by atoms with E-state index in [1.165, 1.54) is 16.8 Å². The molecule has 2 aliphatic heterocycles. The van der Waals surface area contributed by atoms with Crippen LogP contribution in [0.3, 0.4) is 0 Å². The number of hydrogen-bond acceptors (Lipinski definition) is 7. The summed E-state index contributed by atoms with van der Waals surface area (Å²) in [4.78, 5) is 31.7. The third-order valence-corrected chi connectivity index (χ3v) is 8.19. The lowest BCUT2D eigenvalue weighted by atomic mass is 10.0. The number of benzodiazepines with no additional fused rings is 1. The Labute approximate surface area is 241 Å². The first kappa shape index (κ1) is 27.3. The zero-order valence-electron chi connectivity index (χ0n) is 22.7. The molecule has 0 radical (unpaired) electrons. The monoisotopic (exact) mass is 587 g/mol. The van der Waals surface area contributed by atoms with Crippen molar-refractivity contribution in [2.75, 3.05) is 11.6 Å². The third-order valence-electron chi connectivity index (χ3n) is 7.08. The number of hydrogen-bond donors (Lipinski definition) is 2. The van der Waals surface area contributed by atoms with Crippen LogP contribution >= 0.6 is 0 Å². The van der Waals surface area contributed by atoms with Crippen LogP contribution < -0.4 is 15.4 Å². The summed E-state index contributed by atoms with van der Waals surface area (Å²) in [5.41, 5.74) is 2.25. The molecule has 214 valence electrons. The number of anilines is 1. The Balaban J connectivity index is 1.44. The number of nitrogens with zero attached hydrogens (tertiary/aromatic N) is 3. The van der Waals surface area contributed by atoms with E-state index < -0.39 is 33.6 Å². The van der Waals surface area contributed by atoms with Crippen molar-refractivity contribution >= 4 is 33.1 Å². The SMILES string of the molecule is C[C@@H]1CCn2nc(-c3ccc(S(C)(=O)=O)cc3F)c(C(=O)N[C@H]3N=C(c4ccccc4)c4ccccc4NC3=O)c2O1. The normalized spacial score (nSPS) is 18.1. The van der Waals surface area contributed by atoms with E-state index in [0.29, 0.717) is 29.9 Å². The van der Waals surface area contributed by atoms with Gasteiger partial charge in [0.25, 0.3) is 11.8 Å². The predicted octanol–water partition coefficient (Wildman–Crippen LogP) is 3.81. The van der Waals surface area contributed by atoms with Crippen molar-refractivity contribution < 1.29 is 27.1 Å². The molecule has 2 amide bonds. The predicted molar refractivity (Wildman–Crippen MR) is 154 cm³/mol. The van der Waals surface area contributed by atoms with Crippen molar-refractivity contribution in [1.82, 2.24) is 15.1 Å². The molecular weight excluding hydrogens is 561 g/mol. The van der Waals surface area contributed by atoms with Crippen molar-refractivity contribution in [1.29, 1.82) is 0 Å². The van der Waals surface area contributed by atoms with Gasteiger partial charge in [-0.3, -0.25) is 9.59 Å². The number of carbonyl (C=O) groups excluding carboxylic acids is 2. The van der Waals surface area contributed by atoms with Crippen LogP contribution in [0, 0.1) is 5.82 Å². The third kappa shape index (κ3) is 5.05. The molecule has 2 aliphatic rings. The number of sulfone groups is 1. The van der Waals surface area contributed by atoms with Crippen LogP contribution in [0.4, 0.5) is 10.1 Å². The second-order valence-corrected chi connectivity index (χ2v) is 12.2. The molecule has 42 heavy (non-hydrogen) atoms. The van der Waals surface area contributed by atoms with E-state index >= 15 is 4.39 Å². The fraction of sp³-hybridized carbons (Fsp3) is 0.200. The number of ether oxygens (including phenoxy) is 1. The number of rotatable bonds is 5. The van der Waals surface area contributed by atoms with Gasteiger partial charge in [0.15, 0.2) is 9.84 Å². The second-order valence-electron chi connectivity index (χ2n) is 10.1. The van der Waals surface area contributed by atoms with Crippen molar-refractivity contribution in [3.8, 4) is 17.1 Å². The zero-order chi connectivity index (χ0) is 29.6. The molecule has 6 rings (SSSR count). The first-order chi connectivity index (χ1) is 20.1. The standard InChI is InChI=1S/C30H26FN5O5S/c1-17-14-15-36-30(41-17)24(26(35-36)20-13-12-19(16-22(20)31)42(2,39)40)28(37)34-27-29(38)32-23-11-7-6-10-21(23)25(33-27)18-8-4-3-5-9-18/h3-13,16-17,27H,14-15H2,1-2H3,(H,32,38)(H,34,37)/t17-,27-/m1/s1. The van der Waals surface area contributed by atoms with E-state index in [4.69, 9.17) is 4.74 Å². The Hall–Kier alpha value is -4.84. The Morgan fingerprint density at radius 3 is 2.55 bits per heavy atom. The molecule has 2 N–H and O–H groups in total. The minimum atomic E-state index is -3.67. The van der Waals surface area contributed by atoms with Gasteiger partial charge in [-0.2, -0.15) is 5.10 Å². The maximum Gasteiger partial charge on any atom is 0.269 e. The highest BCUT2D eigenvalue weighted by atomic mass is 32.2. The first-order valence-electron chi connectivity index (χ1n) is 13.2. The van der Waals surface area contributed by atoms with E-state index in [2.05, 4.69) is 20.7 Å². The highest BCUT2D eigenvalue weighted by molar-refractivity contribution is 7.90. The summed E-state index contributed by atoms with van der Waals surface area (Å²) in [5.74, 6) is -2.07. The van der Waals surface area contributed by atoms with Gasteiger partial charge in [0.2, 0.25) is 12.0 Å². The highest BCUT2D eigenvalue weighted by Gasteiger charge is 2.34. The summed E-state index contributed by atoms with van der Waals surface area (Å²) in [6, 6.07) is 19.9. The molecule has 0 fully saturated rings. The first-order valence-corrected chi connectivity index (χ1v) is 15.1. The highest BCUT2D eigenvalue weighted by Crippen LogP contribution is 2.36. The van der Waals surface area contributed by atoms with Crippen LogP contribution in [0.25, 0.3) is 11.3 Å². The Morgan fingerprint density at radius 1 is 1.07 bits per heavy atom. The maximum absolute atomic E-state index is 15.3. The van der Waals surface area contributed by atoms with E-state index in [0.717, 1.165) is 17.9 Å². The van der Waals surface area contributed by atoms with Gasteiger partial charge in [-0.05, 0) is 31.2 Å². The number of aryl methyl sites for hydroxylation is 1. The van der Waals surface area contributed by atoms with E-state index in [-0.39, 0.29) is 33.7 Å². The van der Waals surface area contributed by atoms with Gasteiger partial charge in [-0.1, -0.05) is 48.5 Å². The summed E-state index contributed by atoms with van der Waals surface area (Å²) in [7, 11) is -3.67. The lowest BCUT2D eigenvalue weighted by molar-refractivity contribution is -0.117. The number of halogens is 1. The quantitative estimate of drug-likeness (QED) is 0.365. The number of benzene rings is 3. The minimum absolute atomic E-state index is 0.0428. The Bertz CT molecular complexity index is 1870. The number of aromatic nitrogens is 2. The smallest absolute Gasteiger partial charge is 0.269 e. The molecule has 0 saturated carbocycles. The summed E-state index contributed by atoms with van der Waals surface area (Å²) >= 11 is 0. The molecule has 0 bridgehead atoms. The van der Waals surface area contributed by atoms with E-state index in [1.54, 1.807) is 12.1 Å². The largest absolute Gasteiger partial charge is 0.474 e. The molecule has 12 heteroatoms. The van der Waals surface area contributed by atoms with Crippen LogP contribution in [-0.4, -0.2) is 54.2 Å². The van der Waals surface area contributed by atoms with Crippen molar-refractivity contribution in [2.45, 2.75) is 37.1 Å². The molecule has 0 saturated heterocycles. The van der Waals surface area contributed by atoms with Crippen molar-refractivity contribution in [3.05, 3.63) is 95.3 Å². The molecule has 3 aromatic carbocycles. The molecule has 3 heterocycles. The van der Waals surface area contributed by atoms with Crippen LogP contribution in [-0.2, 0) is 21.2 Å². The number of nitrogens with one attached hydrogen (secondary N) is 2. The average molecular weight is 588 g/mol. The maximum atomic E-state index is 15.3. The summed E-state index contributed by atoms with van der Waals surface area (Å²) in [5, 5.41) is 9.98. The number of carbonyl (C=O) groups is 2. The summed E-state index contributed by atoms with van der Waals surface area (Å²) in [6.45, 7) is 2.25. The summed E-state index contributed by atoms with van der Waals surface area (Å²) in [6.07, 6.45) is -0.00411. The lowest BCUT2D eigenvalue weighted by Crippen LogP contribution is -2.42. The molecule has 0 aliphatic carbocycles. The van der Waals surface area contributed by atoms with E-state index in [9.17, 15) is 18.0 Å². The average Bonchev–Trinajstić information content (AvgIpc) is 3.27. The van der Waals surface area contributed by atoms with Crippen LogP contribution in [0.2, 0.25) is 0 Å². The van der Waals surface area contributed by atoms with Crippen LogP contribution in [0.1, 0.15) is 34.8 Å². The molecule has 2 atom stereocenters. The zero-order valence-corrected chi connectivity index (χ0v) is 23.5. The van der Waals surface area contributed by atoms with Gasteiger partial charge < -0.3 is 15.4 Å². The van der Waals surface area contributed by atoms with Gasteiger partial charge in [0, 0.05) is 35.9 Å². The van der Waals surface area contributed by atoms with Gasteiger partial charge in [-0.25, -0.2) is 22.5 Å². The minimum Gasteiger partial charge on any atom is -0.474 e. The topological polar surface area (TPSA) is 132 Å². The lowest BCUT2D eigenvalue weighted by Gasteiger charge is -2.22. The Kier molecular flexibility index (Phi) is 6.85. The van der Waals surface area contributed by atoms with Crippen molar-refractivity contribution in [3.63, 3.8) is 0 Å². The number of fused-ring (bicyclic) bond motifs is 2. The molecule has 4 aromatic rings. The molecule has 0 unspecified atom stereocenters. The number of amides is 2. The number of aliphatic imine (C=N–C) groups is 1. The summed E-state index contributed by atoms with van der Waals surface area (Å²) < 4.78 is 46.7. The number of para-hydroxylation sites is 1. The van der Waals surface area contributed by atoms with Gasteiger partial charge in [-0.15, -0.1) is 0 Å². The van der Waals surface area contributed by atoms with E-state index in [1.807, 2.05) is 49.4 Å². The molecule has 0 spiro atoms. The van der Waals surface area contributed by atoms with Crippen LogP contribution in [0.15, 0.2) is 82.7 Å². The fourth-order valence-corrected chi connectivity index (χ4v) is 5.59. The molecular formula is C30H26FN5O5S. The van der Waals surface area contributed by atoms with Gasteiger partial charge in [0.1, 0.15) is 17.1 Å². The van der Waals surface area contributed by atoms with Crippen LogP contribution in [0.5, 0.6) is 5.88 Å². The molecule has 10 nitrogen and oxygen atoms in total. The molecule has 1 aromatic heterocycles. The van der Waals surface area contributed by atoms with Gasteiger partial charge >= 0.3 is 0 Å². The fourth-order valence-electron chi connectivity index (χ4n) is 4.96. The van der Waals surface area contributed by atoms with Gasteiger partial charge in [0.05, 0.1) is 22.4 Å².